The van der Waals surface area contributed by atoms with E-state index >= 15 is 0 Å². The second kappa shape index (κ2) is 11.8. The average Bonchev–Trinajstić information content (AvgIpc) is 3.46. The molecule has 1 aliphatic rings. The minimum absolute atomic E-state index is 0.0768. The standard InChI is InChI=1S/C23H32N4O2S/c1-27(22(28)11-13-24-23(29)19-12-15-30-17-19)14-7-3-6-10-20-16-21(26-25-20)18-8-4-2-5-9-18/h2,4-5,8-9,12,15,17,20-21,25-26H,3,6-7,10-11,13-14,16H2,1H3,(H,24,29). The summed E-state index contributed by atoms with van der Waals surface area (Å²) in [7, 11) is 1.84. The van der Waals surface area contributed by atoms with E-state index in [2.05, 4.69) is 40.4 Å². The molecule has 3 rings (SSSR count). The van der Waals surface area contributed by atoms with Crippen molar-refractivity contribution in [3.63, 3.8) is 0 Å². The summed E-state index contributed by atoms with van der Waals surface area (Å²) in [5.74, 6) is -0.0378. The number of benzene rings is 1. The first-order valence-corrected chi connectivity index (χ1v) is 11.7. The second-order valence-electron chi connectivity index (χ2n) is 7.87. The molecule has 2 heterocycles. The van der Waals surface area contributed by atoms with E-state index < -0.39 is 0 Å². The normalized spacial score (nSPS) is 18.3. The molecule has 1 saturated heterocycles. The van der Waals surface area contributed by atoms with Crippen molar-refractivity contribution in [1.29, 1.82) is 0 Å². The maximum absolute atomic E-state index is 12.2. The van der Waals surface area contributed by atoms with E-state index in [9.17, 15) is 9.59 Å². The molecule has 2 unspecified atom stereocenters. The van der Waals surface area contributed by atoms with Gasteiger partial charge in [0.05, 0.1) is 0 Å². The van der Waals surface area contributed by atoms with Crippen LogP contribution in [0.2, 0.25) is 0 Å². The Hall–Kier alpha value is -2.22. The van der Waals surface area contributed by atoms with Crippen molar-refractivity contribution in [3.05, 3.63) is 58.3 Å². The lowest BCUT2D eigenvalue weighted by atomic mass is 9.99. The Balaban J connectivity index is 1.22. The number of carbonyl (C=O) groups excluding carboxylic acids is 2. The fraction of sp³-hybridized carbons (Fsp3) is 0.478. The second-order valence-corrected chi connectivity index (χ2v) is 8.65. The van der Waals surface area contributed by atoms with Gasteiger partial charge in [0.1, 0.15) is 0 Å². The molecule has 0 radical (unpaired) electrons. The Labute approximate surface area is 183 Å². The van der Waals surface area contributed by atoms with Gasteiger partial charge in [0.25, 0.3) is 5.91 Å². The summed E-state index contributed by atoms with van der Waals surface area (Å²) < 4.78 is 0. The topological polar surface area (TPSA) is 73.5 Å². The van der Waals surface area contributed by atoms with Crippen molar-refractivity contribution in [2.45, 2.75) is 50.6 Å². The van der Waals surface area contributed by atoms with Gasteiger partial charge in [-0.05, 0) is 36.3 Å². The fourth-order valence-electron chi connectivity index (χ4n) is 3.73. The van der Waals surface area contributed by atoms with Crippen molar-refractivity contribution >= 4 is 23.2 Å². The summed E-state index contributed by atoms with van der Waals surface area (Å²) >= 11 is 1.49. The van der Waals surface area contributed by atoms with E-state index in [0.717, 1.165) is 38.6 Å². The van der Waals surface area contributed by atoms with Gasteiger partial charge in [-0.3, -0.25) is 20.4 Å². The van der Waals surface area contributed by atoms with Crippen LogP contribution in [0.5, 0.6) is 0 Å². The highest BCUT2D eigenvalue weighted by Crippen LogP contribution is 2.24. The van der Waals surface area contributed by atoms with Crippen molar-refractivity contribution in [2.24, 2.45) is 0 Å². The summed E-state index contributed by atoms with van der Waals surface area (Å²) in [5.41, 5.74) is 8.81. The number of unbranched alkanes of at least 4 members (excludes halogenated alkanes) is 2. The molecule has 0 bridgehead atoms. The molecule has 6 nitrogen and oxygen atoms in total. The number of carbonyl (C=O) groups is 2. The summed E-state index contributed by atoms with van der Waals surface area (Å²) in [6.07, 6.45) is 5.86. The van der Waals surface area contributed by atoms with Crippen LogP contribution in [0, 0.1) is 0 Å². The van der Waals surface area contributed by atoms with E-state index in [1.165, 1.54) is 16.9 Å². The maximum Gasteiger partial charge on any atom is 0.252 e. The number of amides is 2. The highest BCUT2D eigenvalue weighted by atomic mass is 32.1. The Kier molecular flexibility index (Phi) is 8.86. The lowest BCUT2D eigenvalue weighted by molar-refractivity contribution is -0.129. The molecule has 2 amide bonds. The first-order chi connectivity index (χ1) is 14.6. The van der Waals surface area contributed by atoms with Crippen molar-refractivity contribution in [1.82, 2.24) is 21.1 Å². The van der Waals surface area contributed by atoms with Crippen LogP contribution in [0.3, 0.4) is 0 Å². The van der Waals surface area contributed by atoms with Gasteiger partial charge < -0.3 is 10.2 Å². The van der Waals surface area contributed by atoms with Crippen LogP contribution >= 0.6 is 11.3 Å². The molecule has 30 heavy (non-hydrogen) atoms. The zero-order valence-electron chi connectivity index (χ0n) is 17.6. The molecular formula is C23H32N4O2S. The van der Waals surface area contributed by atoms with Gasteiger partial charge in [0.2, 0.25) is 5.91 Å². The minimum Gasteiger partial charge on any atom is -0.351 e. The fourth-order valence-corrected chi connectivity index (χ4v) is 4.36. The highest BCUT2D eigenvalue weighted by molar-refractivity contribution is 7.08. The molecule has 2 aromatic rings. The maximum atomic E-state index is 12.2. The molecule has 1 aromatic heterocycles. The average molecular weight is 429 g/mol. The van der Waals surface area contributed by atoms with Crippen LogP contribution in [0.1, 0.15) is 60.5 Å². The Morgan fingerprint density at radius 3 is 2.73 bits per heavy atom. The third-order valence-corrected chi connectivity index (χ3v) is 6.25. The molecule has 2 atom stereocenters. The number of hydrogen-bond donors (Lipinski definition) is 3. The lowest BCUT2D eigenvalue weighted by Gasteiger charge is -2.17. The quantitative estimate of drug-likeness (QED) is 0.479. The molecule has 0 saturated carbocycles. The molecule has 1 fully saturated rings. The van der Waals surface area contributed by atoms with Crippen molar-refractivity contribution in [3.8, 4) is 0 Å². The predicted molar refractivity (Wildman–Crippen MR) is 121 cm³/mol. The van der Waals surface area contributed by atoms with E-state index in [1.807, 2.05) is 23.9 Å². The Bertz CT molecular complexity index is 782. The van der Waals surface area contributed by atoms with Crippen LogP contribution in [0.4, 0.5) is 0 Å². The third-order valence-electron chi connectivity index (χ3n) is 5.56. The number of hydrazine groups is 1. The van der Waals surface area contributed by atoms with Crippen LogP contribution < -0.4 is 16.2 Å². The molecule has 0 spiro atoms. The van der Waals surface area contributed by atoms with E-state index in [0.29, 0.717) is 30.6 Å². The number of hydrogen-bond acceptors (Lipinski definition) is 5. The van der Waals surface area contributed by atoms with Crippen molar-refractivity contribution in [2.75, 3.05) is 20.1 Å². The van der Waals surface area contributed by atoms with Gasteiger partial charge in [-0.2, -0.15) is 11.3 Å². The first kappa shape index (κ1) is 22.5. The molecule has 162 valence electrons. The zero-order chi connectivity index (χ0) is 21.2. The SMILES string of the molecule is CN(CCCCCC1CC(c2ccccc2)NN1)C(=O)CCNC(=O)c1ccsc1. The summed E-state index contributed by atoms with van der Waals surface area (Å²) in [6, 6.07) is 13.2. The summed E-state index contributed by atoms with van der Waals surface area (Å²) in [5, 5.41) is 6.48. The van der Waals surface area contributed by atoms with Crippen LogP contribution in [-0.4, -0.2) is 42.9 Å². The van der Waals surface area contributed by atoms with Gasteiger partial charge in [-0.15, -0.1) is 0 Å². The van der Waals surface area contributed by atoms with Crippen molar-refractivity contribution < 1.29 is 9.59 Å². The van der Waals surface area contributed by atoms with Gasteiger partial charge in [0, 0.05) is 49.6 Å². The highest BCUT2D eigenvalue weighted by Gasteiger charge is 2.24. The Morgan fingerprint density at radius 2 is 1.97 bits per heavy atom. The van der Waals surface area contributed by atoms with Crippen LogP contribution in [0.15, 0.2) is 47.2 Å². The molecular weight excluding hydrogens is 396 g/mol. The smallest absolute Gasteiger partial charge is 0.252 e. The minimum atomic E-state index is -0.115. The van der Waals surface area contributed by atoms with E-state index in [-0.39, 0.29) is 11.8 Å². The third kappa shape index (κ3) is 6.93. The van der Waals surface area contributed by atoms with Crippen LogP contribution in [0.25, 0.3) is 0 Å². The molecule has 7 heteroatoms. The van der Waals surface area contributed by atoms with Gasteiger partial charge in [-0.1, -0.05) is 43.2 Å². The van der Waals surface area contributed by atoms with Gasteiger partial charge in [0.15, 0.2) is 0 Å². The molecule has 1 aliphatic heterocycles. The van der Waals surface area contributed by atoms with Gasteiger partial charge >= 0.3 is 0 Å². The zero-order valence-corrected chi connectivity index (χ0v) is 18.4. The predicted octanol–water partition coefficient (Wildman–Crippen LogP) is 3.49. The molecule has 1 aromatic carbocycles. The molecule has 0 aliphatic carbocycles. The first-order valence-electron chi connectivity index (χ1n) is 10.7. The number of nitrogens with one attached hydrogen (secondary N) is 3. The van der Waals surface area contributed by atoms with E-state index in [4.69, 9.17) is 0 Å². The Morgan fingerprint density at radius 1 is 1.13 bits per heavy atom. The summed E-state index contributed by atoms with van der Waals surface area (Å²) in [6.45, 7) is 1.14. The van der Waals surface area contributed by atoms with Crippen LogP contribution in [-0.2, 0) is 4.79 Å². The molecule has 3 N–H and O–H groups in total. The number of rotatable bonds is 11. The summed E-state index contributed by atoms with van der Waals surface area (Å²) in [4.78, 5) is 25.9. The number of nitrogens with zero attached hydrogens (tertiary/aromatic N) is 1. The van der Waals surface area contributed by atoms with E-state index in [1.54, 1.807) is 11.0 Å². The lowest BCUT2D eigenvalue weighted by Crippen LogP contribution is -2.32. The number of thiophene rings is 1. The van der Waals surface area contributed by atoms with Gasteiger partial charge in [-0.25, -0.2) is 0 Å². The monoisotopic (exact) mass is 428 g/mol. The largest absolute Gasteiger partial charge is 0.351 e.